The van der Waals surface area contributed by atoms with Crippen LogP contribution < -0.4 is 14.4 Å². The minimum atomic E-state index is -0.238. The van der Waals surface area contributed by atoms with E-state index in [0.717, 1.165) is 29.2 Å². The van der Waals surface area contributed by atoms with E-state index in [9.17, 15) is 4.79 Å². The summed E-state index contributed by atoms with van der Waals surface area (Å²) in [4.78, 5) is 18.7. The second kappa shape index (κ2) is 9.19. The first-order valence-corrected chi connectivity index (χ1v) is 9.83. The minimum Gasteiger partial charge on any atom is -0.497 e. The predicted octanol–water partition coefficient (Wildman–Crippen LogP) is 5.46. The van der Waals surface area contributed by atoms with Crippen molar-refractivity contribution >= 4 is 28.1 Å². The maximum atomic E-state index is 12.5. The Hall–Kier alpha value is -3.12. The second-order valence-electron chi connectivity index (χ2n) is 5.96. The van der Waals surface area contributed by atoms with Crippen molar-refractivity contribution in [1.29, 1.82) is 0 Å². The van der Waals surface area contributed by atoms with Crippen molar-refractivity contribution < 1.29 is 14.3 Å². The van der Waals surface area contributed by atoms with Crippen LogP contribution in [-0.4, -0.2) is 24.6 Å². The molecule has 0 N–H and O–H groups in total. The molecule has 1 aromatic heterocycles. The summed E-state index contributed by atoms with van der Waals surface area (Å²) in [7, 11) is 1.63. The number of ether oxygens (including phenoxy) is 2. The zero-order valence-corrected chi connectivity index (χ0v) is 16.7. The van der Waals surface area contributed by atoms with Crippen molar-refractivity contribution in [2.75, 3.05) is 18.6 Å². The molecule has 3 rings (SSSR count). The van der Waals surface area contributed by atoms with Crippen LogP contribution in [0.2, 0.25) is 0 Å². The summed E-state index contributed by atoms with van der Waals surface area (Å²) in [5, 5.41) is 2.51. The largest absolute Gasteiger partial charge is 0.497 e. The summed E-state index contributed by atoms with van der Waals surface area (Å²) >= 11 is 1.40. The highest BCUT2D eigenvalue weighted by molar-refractivity contribution is 7.14. The Kier molecular flexibility index (Phi) is 6.45. The first kappa shape index (κ1) is 19.6. The van der Waals surface area contributed by atoms with E-state index in [0.29, 0.717) is 17.4 Å². The molecule has 0 spiro atoms. The summed E-state index contributed by atoms with van der Waals surface area (Å²) < 4.78 is 10.8. The molecular formula is C22H22N2O3S. The van der Waals surface area contributed by atoms with Crippen LogP contribution in [0, 0.1) is 0 Å². The van der Waals surface area contributed by atoms with Crippen molar-refractivity contribution in [2.45, 2.75) is 13.3 Å². The van der Waals surface area contributed by atoms with Gasteiger partial charge in [0.05, 0.1) is 25.1 Å². The number of carbonyl (C=O) groups is 1. The first-order chi connectivity index (χ1) is 13.7. The van der Waals surface area contributed by atoms with Crippen LogP contribution in [-0.2, 0) is 4.79 Å². The van der Waals surface area contributed by atoms with Gasteiger partial charge in [-0.05, 0) is 61.0 Å². The van der Waals surface area contributed by atoms with E-state index in [-0.39, 0.29) is 5.91 Å². The Bertz CT molecular complexity index is 933. The lowest BCUT2D eigenvalue weighted by Crippen LogP contribution is -2.23. The number of thiazole rings is 1. The summed E-state index contributed by atoms with van der Waals surface area (Å²) in [6.45, 7) is 6.34. The van der Waals surface area contributed by atoms with Gasteiger partial charge in [0, 0.05) is 10.9 Å². The Morgan fingerprint density at radius 3 is 2.43 bits per heavy atom. The Balaban J connectivity index is 1.89. The molecule has 2 aromatic carbocycles. The van der Waals surface area contributed by atoms with E-state index in [4.69, 9.17) is 9.47 Å². The first-order valence-electron chi connectivity index (χ1n) is 8.95. The molecule has 0 saturated heterocycles. The highest BCUT2D eigenvalue weighted by Crippen LogP contribution is 2.33. The fraction of sp³-hybridized carbons (Fsp3) is 0.182. The molecule has 0 radical (unpaired) electrons. The number of nitrogens with zero attached hydrogens (tertiary/aromatic N) is 2. The summed E-state index contributed by atoms with van der Waals surface area (Å²) in [6, 6.07) is 15.1. The average Bonchev–Trinajstić information content (AvgIpc) is 3.23. The molecule has 0 aliphatic carbocycles. The molecular weight excluding hydrogens is 372 g/mol. The third kappa shape index (κ3) is 4.40. The smallest absolute Gasteiger partial charge is 0.256 e. The topological polar surface area (TPSA) is 51.7 Å². The van der Waals surface area contributed by atoms with Crippen LogP contribution >= 0.6 is 11.3 Å². The third-order valence-corrected chi connectivity index (χ3v) is 4.86. The van der Waals surface area contributed by atoms with Crippen molar-refractivity contribution in [2.24, 2.45) is 0 Å². The molecule has 1 heterocycles. The number of aromatic nitrogens is 1. The lowest BCUT2D eigenvalue weighted by atomic mass is 10.2. The van der Waals surface area contributed by atoms with Crippen molar-refractivity contribution in [1.82, 2.24) is 4.98 Å². The van der Waals surface area contributed by atoms with Gasteiger partial charge in [0.15, 0.2) is 5.13 Å². The van der Waals surface area contributed by atoms with Crippen molar-refractivity contribution in [3.8, 4) is 22.8 Å². The minimum absolute atomic E-state index is 0.238. The zero-order chi connectivity index (χ0) is 19.9. The van der Waals surface area contributed by atoms with E-state index in [1.165, 1.54) is 17.4 Å². The molecule has 0 unspecified atom stereocenters. The molecule has 0 aliphatic heterocycles. The van der Waals surface area contributed by atoms with Crippen LogP contribution in [0.15, 0.2) is 66.6 Å². The van der Waals surface area contributed by atoms with Gasteiger partial charge in [0.2, 0.25) is 0 Å². The summed E-state index contributed by atoms with van der Waals surface area (Å²) in [5.41, 5.74) is 2.47. The van der Waals surface area contributed by atoms with Crippen LogP contribution in [0.25, 0.3) is 11.3 Å². The summed E-state index contributed by atoms with van der Waals surface area (Å²) in [6.07, 6.45) is 2.23. The quantitative estimate of drug-likeness (QED) is 0.476. The highest BCUT2D eigenvalue weighted by Gasteiger charge is 2.19. The molecule has 0 bridgehead atoms. The highest BCUT2D eigenvalue weighted by atomic mass is 32.1. The SMILES string of the molecule is C=CC(=O)N(c1ccc(OCCC)cc1)c1nc(-c2ccc(OC)cc2)cs1. The molecule has 28 heavy (non-hydrogen) atoms. The number of amides is 1. The normalized spacial score (nSPS) is 10.4. The van der Waals surface area contributed by atoms with Gasteiger partial charge in [0.25, 0.3) is 5.91 Å². The number of hydrogen-bond donors (Lipinski definition) is 0. The van der Waals surface area contributed by atoms with Gasteiger partial charge in [-0.25, -0.2) is 4.98 Å². The van der Waals surface area contributed by atoms with Gasteiger partial charge in [-0.1, -0.05) is 13.5 Å². The molecule has 0 saturated carbocycles. The molecule has 0 aliphatic rings. The molecule has 3 aromatic rings. The predicted molar refractivity (Wildman–Crippen MR) is 114 cm³/mol. The number of benzene rings is 2. The van der Waals surface area contributed by atoms with Gasteiger partial charge in [-0.3, -0.25) is 9.69 Å². The second-order valence-corrected chi connectivity index (χ2v) is 6.80. The van der Waals surface area contributed by atoms with E-state index in [1.807, 2.05) is 53.9 Å². The molecule has 144 valence electrons. The maximum Gasteiger partial charge on any atom is 0.256 e. The summed E-state index contributed by atoms with van der Waals surface area (Å²) in [5.74, 6) is 1.32. The average molecular weight is 394 g/mol. The van der Waals surface area contributed by atoms with Gasteiger partial charge in [0.1, 0.15) is 11.5 Å². The Labute approximate surface area is 168 Å². The van der Waals surface area contributed by atoms with Crippen LogP contribution in [0.5, 0.6) is 11.5 Å². The van der Waals surface area contributed by atoms with Gasteiger partial charge in [-0.2, -0.15) is 0 Å². The lowest BCUT2D eigenvalue weighted by Gasteiger charge is -2.18. The monoisotopic (exact) mass is 394 g/mol. The molecule has 6 heteroatoms. The lowest BCUT2D eigenvalue weighted by molar-refractivity contribution is -0.113. The molecule has 1 amide bonds. The van der Waals surface area contributed by atoms with E-state index >= 15 is 0 Å². The number of anilines is 2. The van der Waals surface area contributed by atoms with Crippen molar-refractivity contribution in [3.05, 3.63) is 66.6 Å². The van der Waals surface area contributed by atoms with Crippen LogP contribution in [0.3, 0.4) is 0 Å². The Morgan fingerprint density at radius 1 is 1.14 bits per heavy atom. The number of hydrogen-bond acceptors (Lipinski definition) is 5. The van der Waals surface area contributed by atoms with Gasteiger partial charge in [-0.15, -0.1) is 11.3 Å². The van der Waals surface area contributed by atoms with Crippen molar-refractivity contribution in [3.63, 3.8) is 0 Å². The fourth-order valence-corrected chi connectivity index (χ4v) is 3.45. The van der Waals surface area contributed by atoms with Gasteiger partial charge >= 0.3 is 0 Å². The number of methoxy groups -OCH3 is 1. The standard InChI is InChI=1S/C22H22N2O3S/c1-4-14-27-19-12-8-17(9-13-19)24(21(25)5-2)22-23-20(15-28-22)16-6-10-18(26-3)11-7-16/h5-13,15H,2,4,14H2,1,3H3. The van der Waals surface area contributed by atoms with E-state index in [2.05, 4.69) is 18.5 Å². The molecule has 5 nitrogen and oxygen atoms in total. The van der Waals surface area contributed by atoms with Gasteiger partial charge < -0.3 is 9.47 Å². The number of rotatable bonds is 8. The van der Waals surface area contributed by atoms with Crippen LogP contribution in [0.1, 0.15) is 13.3 Å². The maximum absolute atomic E-state index is 12.5. The molecule has 0 fully saturated rings. The van der Waals surface area contributed by atoms with Crippen LogP contribution in [0.4, 0.5) is 10.8 Å². The zero-order valence-electron chi connectivity index (χ0n) is 15.9. The Morgan fingerprint density at radius 2 is 1.82 bits per heavy atom. The van der Waals surface area contributed by atoms with E-state index in [1.54, 1.807) is 12.0 Å². The number of carbonyl (C=O) groups excluding carboxylic acids is 1. The molecule has 0 atom stereocenters. The van der Waals surface area contributed by atoms with E-state index < -0.39 is 0 Å². The fourth-order valence-electron chi connectivity index (χ4n) is 2.60. The third-order valence-electron chi connectivity index (χ3n) is 4.03.